The molecule has 1 aliphatic carbocycles. The van der Waals surface area contributed by atoms with Gasteiger partial charge in [-0.1, -0.05) is 12.8 Å². The quantitative estimate of drug-likeness (QED) is 0.596. The third-order valence-electron chi connectivity index (χ3n) is 3.01. The first-order valence-electron chi connectivity index (χ1n) is 4.93. The van der Waals surface area contributed by atoms with Crippen molar-refractivity contribution < 1.29 is 10.2 Å². The third kappa shape index (κ3) is 1.44. The fourth-order valence-corrected chi connectivity index (χ4v) is 2.20. The molecule has 76 valence electrons. The lowest BCUT2D eigenvalue weighted by Crippen LogP contribution is -2.33. The zero-order valence-corrected chi connectivity index (χ0v) is 8.03. The Balaban J connectivity index is 2.44. The molecule has 2 rings (SSSR count). The van der Waals surface area contributed by atoms with Crippen molar-refractivity contribution >= 4 is 0 Å². The molecule has 3 nitrogen and oxygen atoms in total. The van der Waals surface area contributed by atoms with Crippen molar-refractivity contribution in [2.75, 3.05) is 0 Å². The zero-order chi connectivity index (χ0) is 10.2. The highest BCUT2D eigenvalue weighted by Gasteiger charge is 2.33. The summed E-state index contributed by atoms with van der Waals surface area (Å²) in [5.74, 6) is 0.349. The average Bonchev–Trinajstić information content (AvgIpc) is 2.58. The van der Waals surface area contributed by atoms with Crippen molar-refractivity contribution in [3.63, 3.8) is 0 Å². The maximum atomic E-state index is 9.67. The fraction of sp³-hybridized carbons (Fsp3) is 0.455. The first-order chi connectivity index (χ1) is 6.62. The van der Waals surface area contributed by atoms with Crippen LogP contribution in [-0.4, -0.2) is 10.2 Å². The van der Waals surface area contributed by atoms with Crippen LogP contribution < -0.4 is 5.73 Å². The Bertz CT molecular complexity index is 343. The number of hydrogen-bond donors (Lipinski definition) is 3. The lowest BCUT2D eigenvalue weighted by Gasteiger charge is -2.25. The minimum Gasteiger partial charge on any atom is -0.508 e. The molecule has 0 unspecified atom stereocenters. The Hall–Kier alpha value is -1.22. The second-order valence-electron chi connectivity index (χ2n) is 4.06. The van der Waals surface area contributed by atoms with E-state index >= 15 is 0 Å². The summed E-state index contributed by atoms with van der Waals surface area (Å²) >= 11 is 0. The van der Waals surface area contributed by atoms with Crippen LogP contribution in [0.3, 0.4) is 0 Å². The molecule has 1 saturated carbocycles. The van der Waals surface area contributed by atoms with Crippen LogP contribution in [0.5, 0.6) is 11.5 Å². The molecule has 0 spiro atoms. The van der Waals surface area contributed by atoms with Crippen molar-refractivity contribution in [2.24, 2.45) is 5.73 Å². The van der Waals surface area contributed by atoms with Gasteiger partial charge in [0.1, 0.15) is 11.5 Å². The molecule has 1 aromatic carbocycles. The van der Waals surface area contributed by atoms with Crippen molar-refractivity contribution in [3.05, 3.63) is 23.8 Å². The standard InChI is InChI=1S/C11H15NO2/c12-11(5-1-2-6-11)9-7-8(13)3-4-10(9)14/h3-4,7,13-14H,1-2,5-6,12H2. The number of benzene rings is 1. The average molecular weight is 193 g/mol. The normalized spacial score (nSPS) is 19.8. The summed E-state index contributed by atoms with van der Waals surface area (Å²) in [6, 6.07) is 4.54. The van der Waals surface area contributed by atoms with Gasteiger partial charge >= 0.3 is 0 Å². The molecule has 0 amide bonds. The highest BCUT2D eigenvalue weighted by molar-refractivity contribution is 5.43. The van der Waals surface area contributed by atoms with E-state index in [1.165, 1.54) is 12.1 Å². The van der Waals surface area contributed by atoms with Crippen molar-refractivity contribution in [2.45, 2.75) is 31.2 Å². The number of phenols is 2. The molecule has 0 atom stereocenters. The molecular weight excluding hydrogens is 178 g/mol. The number of hydrogen-bond acceptors (Lipinski definition) is 3. The number of nitrogens with two attached hydrogens (primary N) is 1. The monoisotopic (exact) mass is 193 g/mol. The Morgan fingerprint density at radius 3 is 2.43 bits per heavy atom. The topological polar surface area (TPSA) is 66.5 Å². The highest BCUT2D eigenvalue weighted by atomic mass is 16.3. The second-order valence-corrected chi connectivity index (χ2v) is 4.06. The van der Waals surface area contributed by atoms with Crippen LogP contribution in [0, 0.1) is 0 Å². The van der Waals surface area contributed by atoms with Crippen molar-refractivity contribution in [3.8, 4) is 11.5 Å². The lowest BCUT2D eigenvalue weighted by atomic mass is 9.88. The van der Waals surface area contributed by atoms with Gasteiger partial charge in [0, 0.05) is 11.1 Å². The Morgan fingerprint density at radius 1 is 1.14 bits per heavy atom. The van der Waals surface area contributed by atoms with E-state index in [-0.39, 0.29) is 11.5 Å². The summed E-state index contributed by atoms with van der Waals surface area (Å²) in [7, 11) is 0. The fourth-order valence-electron chi connectivity index (χ4n) is 2.20. The predicted octanol–water partition coefficient (Wildman–Crippen LogP) is 1.83. The molecule has 14 heavy (non-hydrogen) atoms. The molecule has 1 aromatic rings. The SMILES string of the molecule is NC1(c2cc(O)ccc2O)CCCC1. The van der Waals surface area contributed by atoms with Gasteiger partial charge in [0.25, 0.3) is 0 Å². The number of rotatable bonds is 1. The van der Waals surface area contributed by atoms with E-state index in [9.17, 15) is 10.2 Å². The van der Waals surface area contributed by atoms with Gasteiger partial charge in [-0.05, 0) is 31.0 Å². The maximum absolute atomic E-state index is 9.67. The van der Waals surface area contributed by atoms with Gasteiger partial charge in [-0.25, -0.2) is 0 Å². The van der Waals surface area contributed by atoms with E-state index in [0.717, 1.165) is 25.7 Å². The Morgan fingerprint density at radius 2 is 1.79 bits per heavy atom. The van der Waals surface area contributed by atoms with Gasteiger partial charge in [-0.3, -0.25) is 0 Å². The van der Waals surface area contributed by atoms with Crippen LogP contribution in [0.15, 0.2) is 18.2 Å². The molecular formula is C11H15NO2. The zero-order valence-electron chi connectivity index (χ0n) is 8.03. The van der Waals surface area contributed by atoms with E-state index in [4.69, 9.17) is 5.73 Å². The molecule has 1 aliphatic rings. The maximum Gasteiger partial charge on any atom is 0.120 e. The molecule has 0 bridgehead atoms. The minimum atomic E-state index is -0.442. The molecule has 3 heteroatoms. The summed E-state index contributed by atoms with van der Waals surface area (Å²) in [6.07, 6.45) is 3.94. The van der Waals surface area contributed by atoms with Gasteiger partial charge < -0.3 is 15.9 Å². The molecule has 0 heterocycles. The number of aromatic hydroxyl groups is 2. The van der Waals surface area contributed by atoms with Gasteiger partial charge in [0.15, 0.2) is 0 Å². The third-order valence-corrected chi connectivity index (χ3v) is 3.01. The summed E-state index contributed by atoms with van der Waals surface area (Å²) in [5.41, 5.74) is 6.41. The van der Waals surface area contributed by atoms with Crippen LogP contribution in [0.2, 0.25) is 0 Å². The van der Waals surface area contributed by atoms with Crippen LogP contribution >= 0.6 is 0 Å². The largest absolute Gasteiger partial charge is 0.508 e. The molecule has 0 aromatic heterocycles. The van der Waals surface area contributed by atoms with Crippen molar-refractivity contribution in [1.29, 1.82) is 0 Å². The smallest absolute Gasteiger partial charge is 0.120 e. The Labute approximate surface area is 83.2 Å². The van der Waals surface area contributed by atoms with Crippen LogP contribution in [0.4, 0.5) is 0 Å². The first kappa shape index (κ1) is 9.34. The van der Waals surface area contributed by atoms with E-state index < -0.39 is 5.54 Å². The molecule has 1 fully saturated rings. The molecule has 0 saturated heterocycles. The molecule has 0 radical (unpaired) electrons. The van der Waals surface area contributed by atoms with Crippen LogP contribution in [0.1, 0.15) is 31.2 Å². The molecule has 4 N–H and O–H groups in total. The van der Waals surface area contributed by atoms with E-state index in [2.05, 4.69) is 0 Å². The van der Waals surface area contributed by atoms with Gasteiger partial charge in [0.2, 0.25) is 0 Å². The van der Waals surface area contributed by atoms with Crippen LogP contribution in [0.25, 0.3) is 0 Å². The lowest BCUT2D eigenvalue weighted by molar-refractivity contribution is 0.402. The van der Waals surface area contributed by atoms with Gasteiger partial charge in [0.05, 0.1) is 0 Å². The number of phenolic OH excluding ortho intramolecular Hbond substituents is 2. The highest BCUT2D eigenvalue weighted by Crippen LogP contribution is 2.41. The summed E-state index contributed by atoms with van der Waals surface area (Å²) < 4.78 is 0. The molecule has 0 aliphatic heterocycles. The minimum absolute atomic E-state index is 0.162. The predicted molar refractivity (Wildman–Crippen MR) is 54.1 cm³/mol. The summed E-state index contributed by atoms with van der Waals surface area (Å²) in [6.45, 7) is 0. The van der Waals surface area contributed by atoms with Crippen molar-refractivity contribution in [1.82, 2.24) is 0 Å². The van der Waals surface area contributed by atoms with Crippen LogP contribution in [-0.2, 0) is 5.54 Å². The second kappa shape index (κ2) is 3.17. The van der Waals surface area contributed by atoms with Gasteiger partial charge in [-0.15, -0.1) is 0 Å². The van der Waals surface area contributed by atoms with E-state index in [0.29, 0.717) is 5.56 Å². The van der Waals surface area contributed by atoms with Gasteiger partial charge in [-0.2, -0.15) is 0 Å². The van der Waals surface area contributed by atoms with E-state index in [1.807, 2.05) is 0 Å². The van der Waals surface area contributed by atoms with E-state index in [1.54, 1.807) is 6.07 Å². The Kier molecular flexibility index (Phi) is 2.11. The first-order valence-corrected chi connectivity index (χ1v) is 4.93. The summed E-state index contributed by atoms with van der Waals surface area (Å²) in [4.78, 5) is 0. The summed E-state index contributed by atoms with van der Waals surface area (Å²) in [5, 5.41) is 19.0.